The molecule has 1 aromatic heterocycles. The number of anilines is 1. The molecule has 100 valence electrons. The van der Waals surface area contributed by atoms with Crippen molar-refractivity contribution in [3.8, 4) is 0 Å². The third kappa shape index (κ3) is 2.49. The smallest absolute Gasteiger partial charge is 0.0831 e. The molecule has 0 aliphatic heterocycles. The number of hydrogen-bond donors (Lipinski definition) is 2. The van der Waals surface area contributed by atoms with E-state index in [4.69, 9.17) is 5.73 Å². The van der Waals surface area contributed by atoms with Gasteiger partial charge >= 0.3 is 0 Å². The summed E-state index contributed by atoms with van der Waals surface area (Å²) in [6.45, 7) is 0. The van der Waals surface area contributed by atoms with Crippen LogP contribution in [0, 0.1) is 0 Å². The molecule has 0 fully saturated rings. The highest BCUT2D eigenvalue weighted by atomic mass is 16.3. The standard InChI is InChI=1S/C17H16N2O/c18-14-5-3-4-13(10-14)17(20)11-12-8-9-19-16-7-2-1-6-15(12)16/h1-10,17,20H,11,18H2. The summed E-state index contributed by atoms with van der Waals surface area (Å²) in [5.41, 5.74) is 9.30. The summed E-state index contributed by atoms with van der Waals surface area (Å²) < 4.78 is 0. The molecule has 0 aliphatic carbocycles. The van der Waals surface area contributed by atoms with Crippen LogP contribution >= 0.6 is 0 Å². The molecule has 1 unspecified atom stereocenters. The second-order valence-corrected chi connectivity index (χ2v) is 4.88. The lowest BCUT2D eigenvalue weighted by Crippen LogP contribution is -2.03. The van der Waals surface area contributed by atoms with Gasteiger partial charge in [-0.3, -0.25) is 4.98 Å². The number of pyridine rings is 1. The monoisotopic (exact) mass is 264 g/mol. The third-order valence-electron chi connectivity index (χ3n) is 3.45. The predicted octanol–water partition coefficient (Wildman–Crippen LogP) is 3.09. The van der Waals surface area contributed by atoms with Crippen molar-refractivity contribution in [1.29, 1.82) is 0 Å². The number of fused-ring (bicyclic) bond motifs is 1. The van der Waals surface area contributed by atoms with Crippen LogP contribution in [-0.4, -0.2) is 10.1 Å². The molecule has 3 aromatic rings. The molecule has 3 nitrogen and oxygen atoms in total. The van der Waals surface area contributed by atoms with E-state index in [1.807, 2.05) is 54.6 Å². The van der Waals surface area contributed by atoms with Crippen molar-refractivity contribution < 1.29 is 5.11 Å². The van der Waals surface area contributed by atoms with Crippen molar-refractivity contribution >= 4 is 16.6 Å². The molecule has 3 N–H and O–H groups in total. The Hall–Kier alpha value is -2.39. The summed E-state index contributed by atoms with van der Waals surface area (Å²) in [5, 5.41) is 11.5. The molecular weight excluding hydrogens is 248 g/mol. The van der Waals surface area contributed by atoms with Gasteiger partial charge in [-0.1, -0.05) is 30.3 Å². The quantitative estimate of drug-likeness (QED) is 0.715. The lowest BCUT2D eigenvalue weighted by Gasteiger charge is -2.13. The van der Waals surface area contributed by atoms with Gasteiger partial charge in [-0.2, -0.15) is 0 Å². The number of rotatable bonds is 3. The lowest BCUT2D eigenvalue weighted by atomic mass is 9.98. The highest BCUT2D eigenvalue weighted by molar-refractivity contribution is 5.81. The van der Waals surface area contributed by atoms with Crippen LogP contribution in [0.1, 0.15) is 17.2 Å². The van der Waals surface area contributed by atoms with Crippen LogP contribution in [-0.2, 0) is 6.42 Å². The fourth-order valence-corrected chi connectivity index (χ4v) is 2.43. The van der Waals surface area contributed by atoms with Crippen molar-refractivity contribution in [2.75, 3.05) is 5.73 Å². The number of para-hydroxylation sites is 1. The maximum atomic E-state index is 10.4. The maximum absolute atomic E-state index is 10.4. The van der Waals surface area contributed by atoms with Gasteiger partial charge in [0, 0.05) is 23.7 Å². The molecule has 1 heterocycles. The van der Waals surface area contributed by atoms with E-state index in [9.17, 15) is 5.11 Å². The van der Waals surface area contributed by atoms with Crippen molar-refractivity contribution in [2.24, 2.45) is 0 Å². The highest BCUT2D eigenvalue weighted by Gasteiger charge is 2.11. The van der Waals surface area contributed by atoms with Crippen LogP contribution in [0.15, 0.2) is 60.8 Å². The minimum Gasteiger partial charge on any atom is -0.399 e. The molecule has 0 aliphatic rings. The van der Waals surface area contributed by atoms with Crippen LogP contribution in [0.3, 0.4) is 0 Å². The van der Waals surface area contributed by atoms with Gasteiger partial charge in [0.1, 0.15) is 0 Å². The normalized spacial score (nSPS) is 12.4. The van der Waals surface area contributed by atoms with E-state index >= 15 is 0 Å². The second kappa shape index (κ2) is 5.31. The number of hydrogen-bond acceptors (Lipinski definition) is 3. The Morgan fingerprint density at radius 3 is 2.75 bits per heavy atom. The topological polar surface area (TPSA) is 59.1 Å². The summed E-state index contributed by atoms with van der Waals surface area (Å²) in [6.07, 6.45) is 1.76. The predicted molar refractivity (Wildman–Crippen MR) is 81.3 cm³/mol. The van der Waals surface area contributed by atoms with Gasteiger partial charge < -0.3 is 10.8 Å². The zero-order valence-corrected chi connectivity index (χ0v) is 11.0. The Labute approximate surface area is 117 Å². The highest BCUT2D eigenvalue weighted by Crippen LogP contribution is 2.24. The number of nitrogen functional groups attached to an aromatic ring is 1. The fourth-order valence-electron chi connectivity index (χ4n) is 2.43. The molecule has 2 aromatic carbocycles. The van der Waals surface area contributed by atoms with E-state index in [-0.39, 0.29) is 0 Å². The van der Waals surface area contributed by atoms with Crippen LogP contribution in [0.4, 0.5) is 5.69 Å². The first-order valence-corrected chi connectivity index (χ1v) is 6.60. The van der Waals surface area contributed by atoms with Gasteiger partial charge in [-0.05, 0) is 35.4 Å². The summed E-state index contributed by atoms with van der Waals surface area (Å²) in [6, 6.07) is 17.3. The first kappa shape index (κ1) is 12.6. The van der Waals surface area contributed by atoms with Gasteiger partial charge in [0.25, 0.3) is 0 Å². The average molecular weight is 264 g/mol. The summed E-state index contributed by atoms with van der Waals surface area (Å²) in [7, 11) is 0. The number of aromatic nitrogens is 1. The molecule has 0 radical (unpaired) electrons. The van der Waals surface area contributed by atoms with Gasteiger partial charge in [0.05, 0.1) is 11.6 Å². The van der Waals surface area contributed by atoms with Crippen LogP contribution in [0.25, 0.3) is 10.9 Å². The number of nitrogens with two attached hydrogens (primary N) is 1. The Morgan fingerprint density at radius 1 is 1.05 bits per heavy atom. The van der Waals surface area contributed by atoms with Gasteiger partial charge in [-0.15, -0.1) is 0 Å². The molecule has 0 spiro atoms. The zero-order chi connectivity index (χ0) is 13.9. The molecule has 0 bridgehead atoms. The summed E-state index contributed by atoms with van der Waals surface area (Å²) >= 11 is 0. The fraction of sp³-hybridized carbons (Fsp3) is 0.118. The maximum Gasteiger partial charge on any atom is 0.0831 e. The molecule has 20 heavy (non-hydrogen) atoms. The van der Waals surface area contributed by atoms with Crippen molar-refractivity contribution in [1.82, 2.24) is 4.98 Å². The SMILES string of the molecule is Nc1cccc(C(O)Cc2ccnc3ccccc23)c1. The minimum atomic E-state index is -0.565. The summed E-state index contributed by atoms with van der Waals surface area (Å²) in [5.74, 6) is 0. The number of aliphatic hydroxyl groups excluding tert-OH is 1. The molecule has 0 amide bonds. The van der Waals surface area contributed by atoms with Crippen LogP contribution in [0.5, 0.6) is 0 Å². The van der Waals surface area contributed by atoms with E-state index in [0.29, 0.717) is 12.1 Å². The Kier molecular flexibility index (Phi) is 3.35. The number of benzene rings is 2. The van der Waals surface area contributed by atoms with E-state index in [1.54, 1.807) is 6.20 Å². The number of nitrogens with zero attached hydrogens (tertiary/aromatic N) is 1. The van der Waals surface area contributed by atoms with Crippen LogP contribution in [0.2, 0.25) is 0 Å². The Balaban J connectivity index is 1.93. The van der Waals surface area contributed by atoms with Crippen molar-refractivity contribution in [3.05, 3.63) is 71.9 Å². The molecule has 3 rings (SSSR count). The van der Waals surface area contributed by atoms with E-state index in [1.165, 1.54) is 0 Å². The second-order valence-electron chi connectivity index (χ2n) is 4.88. The Morgan fingerprint density at radius 2 is 1.90 bits per heavy atom. The molecule has 0 saturated carbocycles. The van der Waals surface area contributed by atoms with E-state index in [2.05, 4.69) is 4.98 Å². The van der Waals surface area contributed by atoms with E-state index in [0.717, 1.165) is 22.0 Å². The molecule has 1 atom stereocenters. The van der Waals surface area contributed by atoms with Gasteiger partial charge in [-0.25, -0.2) is 0 Å². The molecule has 0 saturated heterocycles. The van der Waals surface area contributed by atoms with Gasteiger partial charge in [0.15, 0.2) is 0 Å². The Bertz CT molecular complexity index is 734. The first-order chi connectivity index (χ1) is 9.74. The molecule has 3 heteroatoms. The molecular formula is C17H16N2O. The van der Waals surface area contributed by atoms with Crippen molar-refractivity contribution in [3.63, 3.8) is 0 Å². The zero-order valence-electron chi connectivity index (χ0n) is 11.0. The average Bonchev–Trinajstić information content (AvgIpc) is 2.47. The van der Waals surface area contributed by atoms with Crippen molar-refractivity contribution in [2.45, 2.75) is 12.5 Å². The largest absolute Gasteiger partial charge is 0.399 e. The lowest BCUT2D eigenvalue weighted by molar-refractivity contribution is 0.179. The van der Waals surface area contributed by atoms with Crippen LogP contribution < -0.4 is 5.73 Å². The third-order valence-corrected chi connectivity index (χ3v) is 3.45. The van der Waals surface area contributed by atoms with Gasteiger partial charge in [0.2, 0.25) is 0 Å². The minimum absolute atomic E-state index is 0.548. The first-order valence-electron chi connectivity index (χ1n) is 6.60. The summed E-state index contributed by atoms with van der Waals surface area (Å²) in [4.78, 5) is 4.33. The number of aliphatic hydroxyl groups is 1. The van der Waals surface area contributed by atoms with E-state index < -0.39 is 6.10 Å².